The zero-order chi connectivity index (χ0) is 21.5. The molecule has 0 saturated carbocycles. The molecule has 0 unspecified atom stereocenters. The van der Waals surface area contributed by atoms with Gasteiger partial charge >= 0.3 is 5.97 Å². The summed E-state index contributed by atoms with van der Waals surface area (Å²) in [6, 6.07) is 7.67. The van der Waals surface area contributed by atoms with Gasteiger partial charge in [0.1, 0.15) is 16.4 Å². The van der Waals surface area contributed by atoms with Gasteiger partial charge in [-0.2, -0.15) is 0 Å². The van der Waals surface area contributed by atoms with Gasteiger partial charge in [0.2, 0.25) is 6.79 Å². The lowest BCUT2D eigenvalue weighted by molar-refractivity contribution is -0.136. The number of methoxy groups -OCH3 is 2. The fourth-order valence-electron chi connectivity index (χ4n) is 3.39. The summed E-state index contributed by atoms with van der Waals surface area (Å²) in [5.41, 5.74) is 0.930. The minimum Gasteiger partial charge on any atom is -0.497 e. The van der Waals surface area contributed by atoms with Crippen molar-refractivity contribution in [2.45, 2.75) is 17.7 Å². The van der Waals surface area contributed by atoms with E-state index < -0.39 is 16.0 Å². The van der Waals surface area contributed by atoms with Crippen molar-refractivity contribution in [3.63, 3.8) is 0 Å². The first-order chi connectivity index (χ1) is 14.3. The second-order valence-corrected chi connectivity index (χ2v) is 8.37. The number of aryl methyl sites for hydroxylation is 1. The summed E-state index contributed by atoms with van der Waals surface area (Å²) in [5, 5.41) is 9.65. The van der Waals surface area contributed by atoms with Gasteiger partial charge in [-0.1, -0.05) is 0 Å². The molecule has 0 radical (unpaired) electrons. The molecule has 0 atom stereocenters. The van der Waals surface area contributed by atoms with Crippen LogP contribution in [0.3, 0.4) is 0 Å². The van der Waals surface area contributed by atoms with Gasteiger partial charge in [-0.25, -0.2) is 12.4 Å². The first-order valence-electron chi connectivity index (χ1n) is 8.98. The Morgan fingerprint density at radius 2 is 1.87 bits per heavy atom. The van der Waals surface area contributed by atoms with Crippen LogP contribution in [0.4, 0.5) is 0 Å². The van der Waals surface area contributed by atoms with E-state index in [2.05, 4.69) is 0 Å². The van der Waals surface area contributed by atoms with E-state index in [-0.39, 0.29) is 30.3 Å². The van der Waals surface area contributed by atoms with Crippen molar-refractivity contribution in [2.24, 2.45) is 0 Å². The van der Waals surface area contributed by atoms with Gasteiger partial charge in [0.25, 0.3) is 10.0 Å². The molecule has 0 fully saturated rings. The number of hydrogen-bond acceptors (Lipinski definition) is 7. The summed E-state index contributed by atoms with van der Waals surface area (Å²) in [6.45, 7) is 0.0332. The number of fused-ring (bicyclic) bond motifs is 2. The highest BCUT2D eigenvalue weighted by Crippen LogP contribution is 2.40. The minimum absolute atomic E-state index is 0.0332. The van der Waals surface area contributed by atoms with Gasteiger partial charge in [0, 0.05) is 30.1 Å². The number of carboxylic acids is 1. The molecular weight excluding hydrogens is 414 g/mol. The van der Waals surface area contributed by atoms with E-state index in [1.165, 1.54) is 38.6 Å². The van der Waals surface area contributed by atoms with Crippen molar-refractivity contribution < 1.29 is 37.3 Å². The SMILES string of the molecule is COc1ccc(S(=O)(=O)n2cc(CCC(=O)O)c3cc4c(cc32)OCO4)c(OC)c1. The highest BCUT2D eigenvalue weighted by Gasteiger charge is 2.27. The molecule has 1 aliphatic heterocycles. The van der Waals surface area contributed by atoms with Crippen molar-refractivity contribution in [1.29, 1.82) is 0 Å². The third-order valence-corrected chi connectivity index (χ3v) is 6.58. The summed E-state index contributed by atoms with van der Waals surface area (Å²) in [5.74, 6) is 0.508. The van der Waals surface area contributed by atoms with Crippen molar-refractivity contribution in [3.05, 3.63) is 42.1 Å². The maximum Gasteiger partial charge on any atom is 0.303 e. The monoisotopic (exact) mass is 433 g/mol. The molecule has 30 heavy (non-hydrogen) atoms. The maximum atomic E-state index is 13.5. The van der Waals surface area contributed by atoms with E-state index in [1.54, 1.807) is 12.1 Å². The van der Waals surface area contributed by atoms with Gasteiger partial charge in [-0.15, -0.1) is 0 Å². The van der Waals surface area contributed by atoms with Crippen molar-refractivity contribution in [2.75, 3.05) is 21.0 Å². The largest absolute Gasteiger partial charge is 0.497 e. The standard InChI is InChI=1S/C20H19NO8S/c1-26-13-4-5-19(18(7-13)27-2)30(24,25)21-10-12(3-6-20(22)23)14-8-16-17(9-15(14)21)29-11-28-16/h4-5,7-10H,3,6,11H2,1-2H3,(H,22,23). The van der Waals surface area contributed by atoms with Crippen LogP contribution in [-0.4, -0.2) is 44.5 Å². The third kappa shape index (κ3) is 3.28. The van der Waals surface area contributed by atoms with Gasteiger partial charge in [-0.3, -0.25) is 4.79 Å². The van der Waals surface area contributed by atoms with Gasteiger partial charge in [0.05, 0.1) is 19.7 Å². The third-order valence-electron chi connectivity index (χ3n) is 4.86. The Morgan fingerprint density at radius 1 is 1.13 bits per heavy atom. The Bertz CT molecular complexity index is 1250. The molecule has 9 nitrogen and oxygen atoms in total. The Labute approximate surface area is 172 Å². The fourth-order valence-corrected chi connectivity index (χ4v) is 4.91. The Kier molecular flexibility index (Phi) is 4.94. The van der Waals surface area contributed by atoms with Crippen LogP contribution < -0.4 is 18.9 Å². The molecule has 10 heteroatoms. The Morgan fingerprint density at radius 3 is 2.53 bits per heavy atom. The molecule has 2 heterocycles. The van der Waals surface area contributed by atoms with E-state index >= 15 is 0 Å². The number of nitrogens with zero attached hydrogens (tertiary/aromatic N) is 1. The quantitative estimate of drug-likeness (QED) is 0.605. The number of benzene rings is 2. The number of aliphatic carboxylic acids is 1. The summed E-state index contributed by atoms with van der Waals surface area (Å²) >= 11 is 0. The number of hydrogen-bond donors (Lipinski definition) is 1. The summed E-state index contributed by atoms with van der Waals surface area (Å²) in [4.78, 5) is 11.0. The molecule has 4 rings (SSSR count). The average Bonchev–Trinajstić information content (AvgIpc) is 3.34. The van der Waals surface area contributed by atoms with Crippen LogP contribution >= 0.6 is 0 Å². The highest BCUT2D eigenvalue weighted by molar-refractivity contribution is 7.90. The molecule has 158 valence electrons. The van der Waals surface area contributed by atoms with Crippen molar-refractivity contribution in [1.82, 2.24) is 3.97 Å². The Balaban J connectivity index is 1.92. The van der Waals surface area contributed by atoms with E-state index in [4.69, 9.17) is 24.1 Å². The fraction of sp³-hybridized carbons (Fsp3) is 0.250. The van der Waals surface area contributed by atoms with Gasteiger partial charge < -0.3 is 24.1 Å². The smallest absolute Gasteiger partial charge is 0.303 e. The van der Waals surface area contributed by atoms with E-state index in [0.29, 0.717) is 33.7 Å². The van der Waals surface area contributed by atoms with Crippen LogP contribution in [0.25, 0.3) is 10.9 Å². The molecule has 0 amide bonds. The predicted octanol–water partition coefficient (Wildman–Crippen LogP) is 2.64. The second-order valence-electron chi connectivity index (χ2n) is 6.59. The molecule has 1 aromatic heterocycles. The van der Waals surface area contributed by atoms with E-state index in [9.17, 15) is 13.2 Å². The summed E-state index contributed by atoms with van der Waals surface area (Å²) in [6.07, 6.45) is 1.45. The molecular formula is C20H19NO8S. The zero-order valence-corrected chi connectivity index (χ0v) is 17.1. The van der Waals surface area contributed by atoms with E-state index in [1.807, 2.05) is 0 Å². The Hall–Kier alpha value is -3.40. The molecule has 1 N–H and O–H groups in total. The van der Waals surface area contributed by atoms with Gasteiger partial charge in [-0.05, 0) is 30.2 Å². The normalized spacial score (nSPS) is 12.9. The maximum absolute atomic E-state index is 13.5. The lowest BCUT2D eigenvalue weighted by atomic mass is 10.1. The molecule has 2 aromatic carbocycles. The minimum atomic E-state index is -4.08. The van der Waals surface area contributed by atoms with Crippen LogP contribution in [0.2, 0.25) is 0 Å². The molecule has 0 aliphatic carbocycles. The predicted molar refractivity (Wildman–Crippen MR) is 106 cm³/mol. The van der Waals surface area contributed by atoms with Crippen LogP contribution in [0.5, 0.6) is 23.0 Å². The number of carbonyl (C=O) groups is 1. The number of carboxylic acid groups (broad SMARTS) is 1. The first-order valence-corrected chi connectivity index (χ1v) is 10.4. The van der Waals surface area contributed by atoms with Crippen LogP contribution in [0, 0.1) is 0 Å². The summed E-state index contributed by atoms with van der Waals surface area (Å²) < 4.78 is 49.4. The average molecular weight is 433 g/mol. The molecule has 0 spiro atoms. The molecule has 1 aliphatic rings. The first kappa shape index (κ1) is 19.9. The van der Waals surface area contributed by atoms with Crippen LogP contribution in [0.15, 0.2) is 41.4 Å². The van der Waals surface area contributed by atoms with Crippen molar-refractivity contribution in [3.8, 4) is 23.0 Å². The molecule has 0 bridgehead atoms. The number of aromatic nitrogens is 1. The molecule has 3 aromatic rings. The number of rotatable bonds is 7. The van der Waals surface area contributed by atoms with E-state index in [0.717, 1.165) is 3.97 Å². The second kappa shape index (κ2) is 7.45. The topological polar surface area (TPSA) is 113 Å². The number of ether oxygens (including phenoxy) is 4. The zero-order valence-electron chi connectivity index (χ0n) is 16.2. The summed E-state index contributed by atoms with van der Waals surface area (Å²) in [7, 11) is -1.23. The van der Waals surface area contributed by atoms with Crippen LogP contribution in [-0.2, 0) is 21.2 Å². The van der Waals surface area contributed by atoms with Crippen LogP contribution in [0.1, 0.15) is 12.0 Å². The van der Waals surface area contributed by atoms with Crippen molar-refractivity contribution >= 4 is 26.9 Å². The van der Waals surface area contributed by atoms with Gasteiger partial charge in [0.15, 0.2) is 11.5 Å². The highest BCUT2D eigenvalue weighted by atomic mass is 32.2. The lowest BCUT2D eigenvalue weighted by Gasteiger charge is -2.13. The lowest BCUT2D eigenvalue weighted by Crippen LogP contribution is -2.13. The molecule has 0 saturated heterocycles.